The van der Waals surface area contributed by atoms with Gasteiger partial charge in [-0.25, -0.2) is 0 Å². The molecule has 0 bridgehead atoms. The molecule has 3 aromatic rings. The number of hydrogen-bond donors (Lipinski definition) is 1. The molecule has 0 radical (unpaired) electrons. The standard InChI is InChI=1S/C17H18N2O3/c1-11-4-5-12(2)19(11)18-17(20)8-13-10-22-16-7-6-14(21-3)9-15(13)16/h4-7,9-10H,8H2,1-3H3,(H,18,20). The number of carbonyl (C=O) groups is 1. The molecule has 2 heterocycles. The first-order valence-corrected chi connectivity index (χ1v) is 7.07. The molecule has 1 amide bonds. The molecule has 0 fully saturated rings. The van der Waals surface area contributed by atoms with Crippen molar-refractivity contribution in [1.29, 1.82) is 0 Å². The van der Waals surface area contributed by atoms with Gasteiger partial charge in [-0.15, -0.1) is 0 Å². The summed E-state index contributed by atoms with van der Waals surface area (Å²) >= 11 is 0. The van der Waals surface area contributed by atoms with Crippen LogP contribution < -0.4 is 10.2 Å². The molecule has 1 N–H and O–H groups in total. The fourth-order valence-corrected chi connectivity index (χ4v) is 2.51. The number of nitrogens with one attached hydrogen (secondary N) is 1. The van der Waals surface area contributed by atoms with E-state index in [9.17, 15) is 4.79 Å². The number of benzene rings is 1. The quantitative estimate of drug-likeness (QED) is 0.805. The van der Waals surface area contributed by atoms with Crippen LogP contribution in [0.3, 0.4) is 0 Å². The fraction of sp³-hybridized carbons (Fsp3) is 0.235. The van der Waals surface area contributed by atoms with Crippen LogP contribution in [0.25, 0.3) is 11.0 Å². The lowest BCUT2D eigenvalue weighted by Crippen LogP contribution is -2.26. The molecule has 5 heteroatoms. The summed E-state index contributed by atoms with van der Waals surface area (Å²) in [5, 5.41) is 0.899. The molecule has 1 aromatic carbocycles. The molecule has 0 saturated heterocycles. The van der Waals surface area contributed by atoms with Gasteiger partial charge in [0.1, 0.15) is 11.3 Å². The van der Waals surface area contributed by atoms with E-state index in [1.165, 1.54) is 0 Å². The van der Waals surface area contributed by atoms with Crippen LogP contribution >= 0.6 is 0 Å². The Kier molecular flexibility index (Phi) is 3.63. The van der Waals surface area contributed by atoms with E-state index in [4.69, 9.17) is 9.15 Å². The van der Waals surface area contributed by atoms with Crippen molar-refractivity contribution in [3.8, 4) is 5.75 Å². The number of methoxy groups -OCH3 is 1. The van der Waals surface area contributed by atoms with E-state index in [1.807, 2.05) is 44.2 Å². The number of aryl methyl sites for hydroxylation is 2. The number of amides is 1. The molecule has 0 saturated carbocycles. The van der Waals surface area contributed by atoms with Gasteiger partial charge in [0.25, 0.3) is 0 Å². The Morgan fingerprint density at radius 2 is 1.95 bits per heavy atom. The molecule has 0 atom stereocenters. The van der Waals surface area contributed by atoms with Crippen molar-refractivity contribution >= 4 is 16.9 Å². The summed E-state index contributed by atoms with van der Waals surface area (Å²) in [6, 6.07) is 9.49. The van der Waals surface area contributed by atoms with Crippen LogP contribution in [0.15, 0.2) is 41.0 Å². The second-order valence-electron chi connectivity index (χ2n) is 5.29. The normalized spacial score (nSPS) is 10.9. The van der Waals surface area contributed by atoms with E-state index in [-0.39, 0.29) is 12.3 Å². The first-order chi connectivity index (χ1) is 10.6. The highest BCUT2D eigenvalue weighted by atomic mass is 16.5. The molecule has 22 heavy (non-hydrogen) atoms. The van der Waals surface area contributed by atoms with E-state index in [1.54, 1.807) is 18.0 Å². The summed E-state index contributed by atoms with van der Waals surface area (Å²) in [5.41, 5.74) is 6.46. The molecule has 0 spiro atoms. The van der Waals surface area contributed by atoms with Crippen LogP contribution in [0, 0.1) is 13.8 Å². The Bertz CT molecular complexity index is 810. The van der Waals surface area contributed by atoms with Crippen molar-refractivity contribution in [3.05, 3.63) is 53.5 Å². The second kappa shape index (κ2) is 5.60. The van der Waals surface area contributed by atoms with Crippen molar-refractivity contribution < 1.29 is 13.9 Å². The maximum absolute atomic E-state index is 12.3. The first-order valence-electron chi connectivity index (χ1n) is 7.07. The molecule has 0 aliphatic heterocycles. The van der Waals surface area contributed by atoms with Gasteiger partial charge in [-0.1, -0.05) is 0 Å². The highest BCUT2D eigenvalue weighted by molar-refractivity contribution is 5.91. The molecule has 0 aliphatic carbocycles. The highest BCUT2D eigenvalue weighted by Gasteiger charge is 2.12. The zero-order valence-electron chi connectivity index (χ0n) is 12.8. The number of aromatic nitrogens is 1. The maximum atomic E-state index is 12.3. The fourth-order valence-electron chi connectivity index (χ4n) is 2.51. The summed E-state index contributed by atoms with van der Waals surface area (Å²) in [6.45, 7) is 3.90. The van der Waals surface area contributed by atoms with Gasteiger partial charge in [0.05, 0.1) is 19.8 Å². The van der Waals surface area contributed by atoms with Crippen LogP contribution in [0.5, 0.6) is 5.75 Å². The lowest BCUT2D eigenvalue weighted by atomic mass is 10.1. The van der Waals surface area contributed by atoms with Crippen LogP contribution in [-0.4, -0.2) is 17.7 Å². The SMILES string of the molecule is COc1ccc2occ(CC(=O)Nn3c(C)ccc3C)c2c1. The van der Waals surface area contributed by atoms with Gasteiger partial charge in [-0.05, 0) is 44.2 Å². The van der Waals surface area contributed by atoms with E-state index >= 15 is 0 Å². The maximum Gasteiger partial charge on any atom is 0.243 e. The molecular formula is C17H18N2O3. The largest absolute Gasteiger partial charge is 0.497 e. The van der Waals surface area contributed by atoms with Crippen molar-refractivity contribution in [1.82, 2.24) is 4.68 Å². The molecule has 2 aromatic heterocycles. The summed E-state index contributed by atoms with van der Waals surface area (Å²) in [6.07, 6.45) is 1.87. The average molecular weight is 298 g/mol. The first kappa shape index (κ1) is 14.3. The van der Waals surface area contributed by atoms with Gasteiger partial charge in [-0.3, -0.25) is 14.9 Å². The topological polar surface area (TPSA) is 56.4 Å². The number of ether oxygens (including phenoxy) is 1. The predicted octanol–water partition coefficient (Wildman–Crippen LogP) is 3.17. The van der Waals surface area contributed by atoms with Crippen LogP contribution in [0.2, 0.25) is 0 Å². The predicted molar refractivity (Wildman–Crippen MR) is 84.7 cm³/mol. The number of nitrogens with zero attached hydrogens (tertiary/aromatic N) is 1. The molecule has 114 valence electrons. The van der Waals surface area contributed by atoms with Crippen molar-refractivity contribution in [2.75, 3.05) is 12.5 Å². The lowest BCUT2D eigenvalue weighted by Gasteiger charge is -2.10. The third-order valence-electron chi connectivity index (χ3n) is 3.72. The average Bonchev–Trinajstić information content (AvgIpc) is 3.05. The van der Waals surface area contributed by atoms with Gasteiger partial charge in [-0.2, -0.15) is 0 Å². The summed E-state index contributed by atoms with van der Waals surface area (Å²) in [7, 11) is 1.62. The molecule has 0 unspecified atom stereocenters. The van der Waals surface area contributed by atoms with E-state index in [0.29, 0.717) is 0 Å². The zero-order chi connectivity index (χ0) is 15.7. The third-order valence-corrected chi connectivity index (χ3v) is 3.72. The highest BCUT2D eigenvalue weighted by Crippen LogP contribution is 2.26. The summed E-state index contributed by atoms with van der Waals surface area (Å²) < 4.78 is 12.5. The monoisotopic (exact) mass is 298 g/mol. The molecule has 0 aliphatic rings. The number of carbonyl (C=O) groups excluding carboxylic acids is 1. The minimum Gasteiger partial charge on any atom is -0.497 e. The van der Waals surface area contributed by atoms with Crippen LogP contribution in [-0.2, 0) is 11.2 Å². The Morgan fingerprint density at radius 3 is 2.64 bits per heavy atom. The number of fused-ring (bicyclic) bond motifs is 1. The van der Waals surface area contributed by atoms with Gasteiger partial charge >= 0.3 is 0 Å². The molecular weight excluding hydrogens is 280 g/mol. The number of furan rings is 1. The Morgan fingerprint density at radius 1 is 1.23 bits per heavy atom. The Hall–Kier alpha value is -2.69. The van der Waals surface area contributed by atoms with E-state index in [2.05, 4.69) is 5.43 Å². The van der Waals surface area contributed by atoms with E-state index in [0.717, 1.165) is 33.7 Å². The van der Waals surface area contributed by atoms with Gasteiger partial charge in [0.2, 0.25) is 5.91 Å². The van der Waals surface area contributed by atoms with Crippen molar-refractivity contribution in [2.45, 2.75) is 20.3 Å². The number of rotatable bonds is 4. The van der Waals surface area contributed by atoms with Crippen molar-refractivity contribution in [3.63, 3.8) is 0 Å². The lowest BCUT2D eigenvalue weighted by molar-refractivity contribution is -0.116. The minimum atomic E-state index is -0.0899. The summed E-state index contributed by atoms with van der Waals surface area (Å²) in [4.78, 5) is 12.3. The second-order valence-corrected chi connectivity index (χ2v) is 5.29. The van der Waals surface area contributed by atoms with Crippen molar-refractivity contribution in [2.24, 2.45) is 0 Å². The third kappa shape index (κ3) is 2.57. The Labute approximate surface area is 128 Å². The number of hydrogen-bond acceptors (Lipinski definition) is 3. The van der Waals surface area contributed by atoms with Gasteiger partial charge < -0.3 is 9.15 Å². The smallest absolute Gasteiger partial charge is 0.243 e. The Balaban J connectivity index is 1.82. The molecule has 3 rings (SSSR count). The van der Waals surface area contributed by atoms with Gasteiger partial charge in [0, 0.05) is 22.3 Å². The molecule has 5 nitrogen and oxygen atoms in total. The summed E-state index contributed by atoms with van der Waals surface area (Å²) in [5.74, 6) is 0.653. The minimum absolute atomic E-state index is 0.0899. The van der Waals surface area contributed by atoms with Crippen LogP contribution in [0.4, 0.5) is 0 Å². The van der Waals surface area contributed by atoms with E-state index < -0.39 is 0 Å². The van der Waals surface area contributed by atoms with Crippen LogP contribution in [0.1, 0.15) is 17.0 Å². The van der Waals surface area contributed by atoms with Gasteiger partial charge in [0.15, 0.2) is 0 Å². The zero-order valence-corrected chi connectivity index (χ0v) is 12.8.